The van der Waals surface area contributed by atoms with Gasteiger partial charge in [-0.05, 0) is 75.6 Å². The number of thioether (sulfide) groups is 1. The summed E-state index contributed by atoms with van der Waals surface area (Å²) in [6.07, 6.45) is -1.41. The van der Waals surface area contributed by atoms with Crippen molar-refractivity contribution in [1.29, 1.82) is 0 Å². The van der Waals surface area contributed by atoms with Crippen molar-refractivity contribution in [3.8, 4) is 0 Å². The van der Waals surface area contributed by atoms with Gasteiger partial charge in [-0.3, -0.25) is 9.59 Å². The first-order valence-electron chi connectivity index (χ1n) is 14.4. The number of aryl methyl sites for hydroxylation is 1. The first-order valence-corrected chi connectivity index (χ1v) is 15.4. The van der Waals surface area contributed by atoms with Crippen LogP contribution in [-0.2, 0) is 29.4 Å². The Morgan fingerprint density at radius 1 is 0.955 bits per heavy atom. The summed E-state index contributed by atoms with van der Waals surface area (Å²) < 4.78 is 6.86. The van der Waals surface area contributed by atoms with Gasteiger partial charge in [-0.2, -0.15) is 0 Å². The number of hydrogen-bond acceptors (Lipinski definition) is 9. The van der Waals surface area contributed by atoms with Gasteiger partial charge in [0.15, 0.2) is 0 Å². The summed E-state index contributed by atoms with van der Waals surface area (Å²) in [5.41, 5.74) is 0.769. The van der Waals surface area contributed by atoms with Gasteiger partial charge in [0.2, 0.25) is 11.1 Å². The molecule has 3 aromatic rings. The van der Waals surface area contributed by atoms with Crippen LogP contribution in [0.2, 0.25) is 0 Å². The first kappa shape index (κ1) is 34.5. The Hall–Kier alpha value is -3.97. The summed E-state index contributed by atoms with van der Waals surface area (Å²) in [6.45, 7) is 10.9. The molecule has 1 aromatic heterocycles. The predicted molar refractivity (Wildman–Crippen MR) is 168 cm³/mol. The molecule has 0 saturated heterocycles. The zero-order valence-corrected chi connectivity index (χ0v) is 27.1. The van der Waals surface area contributed by atoms with Crippen LogP contribution in [0.4, 0.5) is 4.79 Å². The zero-order chi connectivity index (χ0) is 32.5. The summed E-state index contributed by atoms with van der Waals surface area (Å²) in [6, 6.07) is 14.7. The topological polar surface area (TPSA) is 160 Å². The highest BCUT2D eigenvalue weighted by molar-refractivity contribution is 7.99. The summed E-state index contributed by atoms with van der Waals surface area (Å²) in [4.78, 5) is 39.5. The Balaban J connectivity index is 1.85. The second-order valence-corrected chi connectivity index (χ2v) is 13.5. The van der Waals surface area contributed by atoms with Crippen molar-refractivity contribution >= 4 is 29.7 Å². The molecule has 0 spiro atoms. The molecule has 3 amide bonds. The lowest BCUT2D eigenvalue weighted by atomic mass is 9.93. The summed E-state index contributed by atoms with van der Waals surface area (Å²) in [5, 5.41) is 31.9. The molecule has 238 valence electrons. The van der Waals surface area contributed by atoms with Gasteiger partial charge in [0.1, 0.15) is 11.6 Å². The van der Waals surface area contributed by atoms with E-state index in [0.29, 0.717) is 22.7 Å². The van der Waals surface area contributed by atoms with Gasteiger partial charge in [0, 0.05) is 30.3 Å². The number of nitrogens with zero attached hydrogens (tertiary/aromatic N) is 4. The normalized spacial score (nSPS) is 13.8. The molecule has 44 heavy (non-hydrogen) atoms. The van der Waals surface area contributed by atoms with Gasteiger partial charge < -0.3 is 25.8 Å². The number of carbonyl (C=O) groups is 3. The third-order valence-electron chi connectivity index (χ3n) is 6.24. The second kappa shape index (κ2) is 15.2. The number of benzene rings is 2. The Bertz CT molecular complexity index is 1400. The number of amides is 3. The van der Waals surface area contributed by atoms with Crippen molar-refractivity contribution in [3.63, 3.8) is 0 Å². The van der Waals surface area contributed by atoms with Gasteiger partial charge >= 0.3 is 6.09 Å². The molecule has 1 heterocycles. The largest absolute Gasteiger partial charge is 0.444 e. The SMILES string of the molecule is Cn1nnnc1SC[C@@H](NC(=O)OC(C)(C)C)C(=O)N[C@@H](Cc1ccccc1)[C@H](O)Cc1ccccc1C(=O)NC(C)(C)C. The van der Waals surface area contributed by atoms with Crippen molar-refractivity contribution in [2.75, 3.05) is 5.75 Å². The Morgan fingerprint density at radius 2 is 1.61 bits per heavy atom. The molecule has 0 aliphatic carbocycles. The van der Waals surface area contributed by atoms with Crippen molar-refractivity contribution in [2.45, 2.75) is 88.9 Å². The van der Waals surface area contributed by atoms with Crippen LogP contribution < -0.4 is 16.0 Å². The molecular formula is C31H43N7O5S. The van der Waals surface area contributed by atoms with Crippen LogP contribution in [0.1, 0.15) is 63.0 Å². The van der Waals surface area contributed by atoms with Crippen molar-refractivity contribution in [2.24, 2.45) is 7.05 Å². The van der Waals surface area contributed by atoms with Crippen LogP contribution in [0.25, 0.3) is 0 Å². The minimum atomic E-state index is -1.07. The zero-order valence-electron chi connectivity index (χ0n) is 26.3. The Morgan fingerprint density at radius 3 is 2.23 bits per heavy atom. The predicted octanol–water partition coefficient (Wildman–Crippen LogP) is 3.05. The number of alkyl carbamates (subject to hydrolysis) is 1. The molecule has 4 N–H and O–H groups in total. The number of hydrogen-bond donors (Lipinski definition) is 4. The average molecular weight is 626 g/mol. The van der Waals surface area contributed by atoms with E-state index in [1.165, 1.54) is 16.4 Å². The third kappa shape index (κ3) is 11.3. The van der Waals surface area contributed by atoms with E-state index in [0.717, 1.165) is 5.56 Å². The number of aliphatic hydroxyl groups excluding tert-OH is 1. The lowest BCUT2D eigenvalue weighted by Crippen LogP contribution is -2.55. The molecule has 12 nitrogen and oxygen atoms in total. The number of aliphatic hydroxyl groups is 1. The van der Waals surface area contributed by atoms with Crippen LogP contribution in [0.15, 0.2) is 59.8 Å². The van der Waals surface area contributed by atoms with E-state index in [1.54, 1.807) is 52.1 Å². The number of ether oxygens (including phenoxy) is 1. The molecule has 0 unspecified atom stereocenters. The summed E-state index contributed by atoms with van der Waals surface area (Å²) in [7, 11) is 1.67. The van der Waals surface area contributed by atoms with Gasteiger partial charge in [-0.15, -0.1) is 5.10 Å². The van der Waals surface area contributed by atoms with Crippen LogP contribution in [0.3, 0.4) is 0 Å². The lowest BCUT2D eigenvalue weighted by Gasteiger charge is -2.28. The van der Waals surface area contributed by atoms with Crippen LogP contribution in [-0.4, -0.2) is 78.3 Å². The van der Waals surface area contributed by atoms with E-state index in [4.69, 9.17) is 4.74 Å². The van der Waals surface area contributed by atoms with Gasteiger partial charge in [-0.1, -0.05) is 60.3 Å². The molecule has 0 saturated carbocycles. The molecule has 3 rings (SSSR count). The van der Waals surface area contributed by atoms with Gasteiger partial charge in [0.25, 0.3) is 5.91 Å². The van der Waals surface area contributed by atoms with Crippen LogP contribution in [0, 0.1) is 0 Å². The van der Waals surface area contributed by atoms with E-state index in [-0.39, 0.29) is 18.1 Å². The highest BCUT2D eigenvalue weighted by Crippen LogP contribution is 2.18. The summed E-state index contributed by atoms with van der Waals surface area (Å²) in [5.74, 6) is -0.665. The van der Waals surface area contributed by atoms with Crippen molar-refractivity contribution < 1.29 is 24.2 Å². The molecular weight excluding hydrogens is 582 g/mol. The van der Waals surface area contributed by atoms with E-state index in [9.17, 15) is 19.5 Å². The molecule has 0 aliphatic heterocycles. The average Bonchev–Trinajstić information content (AvgIpc) is 3.33. The standard InChI is InChI=1S/C31H43N7O5S/c1-30(2,3)34-26(40)22-16-12-11-15-21(22)18-25(39)23(17-20-13-9-8-10-14-20)32-27(41)24(33-29(42)43-31(4,5)6)19-44-28-35-36-37-38(28)7/h8-16,23-25,39H,17-19H2,1-7H3,(H,32,41)(H,33,42)(H,34,40)/t23-,24+,25+/m0/s1. The van der Waals surface area contributed by atoms with Gasteiger partial charge in [0.05, 0.1) is 12.1 Å². The number of rotatable bonds is 12. The molecule has 0 bridgehead atoms. The molecule has 0 fully saturated rings. The minimum Gasteiger partial charge on any atom is -0.444 e. The van der Waals surface area contributed by atoms with E-state index in [2.05, 4.69) is 31.5 Å². The van der Waals surface area contributed by atoms with Crippen molar-refractivity contribution in [1.82, 2.24) is 36.2 Å². The quantitative estimate of drug-likeness (QED) is 0.222. The highest BCUT2D eigenvalue weighted by atomic mass is 32.2. The molecule has 2 aromatic carbocycles. The van der Waals surface area contributed by atoms with E-state index in [1.807, 2.05) is 51.1 Å². The maximum Gasteiger partial charge on any atom is 0.408 e. The number of tetrazole rings is 1. The van der Waals surface area contributed by atoms with E-state index >= 15 is 0 Å². The monoisotopic (exact) mass is 625 g/mol. The summed E-state index contributed by atoms with van der Waals surface area (Å²) >= 11 is 1.19. The fraction of sp³-hybridized carbons (Fsp3) is 0.484. The molecule has 0 aliphatic rings. The first-order chi connectivity index (χ1) is 20.6. The van der Waals surface area contributed by atoms with Crippen LogP contribution >= 0.6 is 11.8 Å². The number of carbonyl (C=O) groups excluding carboxylic acids is 3. The van der Waals surface area contributed by atoms with Crippen LogP contribution in [0.5, 0.6) is 0 Å². The second-order valence-electron chi connectivity index (χ2n) is 12.5. The molecule has 0 radical (unpaired) electrons. The maximum absolute atomic E-state index is 13.7. The number of nitrogens with one attached hydrogen (secondary N) is 3. The fourth-order valence-corrected chi connectivity index (χ4v) is 5.13. The third-order valence-corrected chi connectivity index (χ3v) is 7.34. The smallest absolute Gasteiger partial charge is 0.408 e. The Kier molecular flexibility index (Phi) is 11.9. The minimum absolute atomic E-state index is 0.100. The number of aromatic nitrogens is 4. The fourth-order valence-electron chi connectivity index (χ4n) is 4.26. The lowest BCUT2D eigenvalue weighted by molar-refractivity contribution is -0.124. The van der Waals surface area contributed by atoms with Crippen molar-refractivity contribution in [3.05, 3.63) is 71.3 Å². The maximum atomic E-state index is 13.7. The molecule has 13 heteroatoms. The van der Waals surface area contributed by atoms with Gasteiger partial charge in [-0.25, -0.2) is 9.48 Å². The highest BCUT2D eigenvalue weighted by Gasteiger charge is 2.30. The van der Waals surface area contributed by atoms with E-state index < -0.39 is 41.3 Å². The Labute approximate surface area is 262 Å². The molecule has 3 atom stereocenters.